The van der Waals surface area contributed by atoms with Crippen LogP contribution in [0.15, 0.2) is 30.3 Å². The lowest BCUT2D eigenvalue weighted by atomic mass is 10.1. The van der Waals surface area contributed by atoms with Gasteiger partial charge in [0, 0.05) is 5.56 Å². The summed E-state index contributed by atoms with van der Waals surface area (Å²) in [5.74, 6) is -0.423. The molecule has 1 aromatic carbocycles. The largest absolute Gasteiger partial charge is 0.454 e. The van der Waals surface area contributed by atoms with Gasteiger partial charge in [-0.2, -0.15) is 4.79 Å². The van der Waals surface area contributed by atoms with Crippen LogP contribution in [-0.4, -0.2) is 16.8 Å². The molecule has 0 amide bonds. The maximum Gasteiger partial charge on any atom is 0.454 e. The number of carbonyl (C=O) groups is 1. The standard InChI is InChI=1S/C8H5N2O/c9-10-6-8(11)7-4-2-1-3-5-7/h1-5H. The second-order valence-corrected chi connectivity index (χ2v) is 1.91. The van der Waals surface area contributed by atoms with Gasteiger partial charge in [-0.05, 0) is 0 Å². The monoisotopic (exact) mass is 145 g/mol. The molecule has 0 atom stereocenters. The van der Waals surface area contributed by atoms with Crippen LogP contribution in [0.4, 0.5) is 0 Å². The van der Waals surface area contributed by atoms with E-state index in [0.717, 1.165) is 0 Å². The topological polar surface area (TPSA) is 53.5 Å². The average Bonchev–Trinajstić information content (AvgIpc) is 2.07. The van der Waals surface area contributed by atoms with Crippen LogP contribution in [0.3, 0.4) is 0 Å². The summed E-state index contributed by atoms with van der Waals surface area (Å²) in [5, 5.41) is 0. The van der Waals surface area contributed by atoms with Gasteiger partial charge >= 0.3 is 6.21 Å². The SMILES string of the molecule is [N-]=[N+]=[C]C(=O)c1ccccc1. The van der Waals surface area contributed by atoms with Gasteiger partial charge in [0.2, 0.25) is 0 Å². The predicted molar refractivity (Wildman–Crippen MR) is 39.4 cm³/mol. The Labute approximate surface area is 63.9 Å². The van der Waals surface area contributed by atoms with Gasteiger partial charge in [-0.1, -0.05) is 30.3 Å². The molecule has 0 N–H and O–H groups in total. The summed E-state index contributed by atoms with van der Waals surface area (Å²) in [4.78, 5) is 13.4. The molecule has 3 nitrogen and oxygen atoms in total. The van der Waals surface area contributed by atoms with Gasteiger partial charge in [0.25, 0.3) is 5.78 Å². The van der Waals surface area contributed by atoms with Gasteiger partial charge in [-0.15, -0.1) is 0 Å². The Morgan fingerprint density at radius 2 is 2.00 bits per heavy atom. The Balaban J connectivity index is 2.94. The number of ketones is 1. The molecule has 0 aliphatic rings. The molecule has 1 radical (unpaired) electrons. The van der Waals surface area contributed by atoms with Crippen molar-refractivity contribution in [1.82, 2.24) is 0 Å². The highest BCUT2D eigenvalue weighted by Gasteiger charge is 2.06. The fourth-order valence-corrected chi connectivity index (χ4v) is 0.699. The lowest BCUT2D eigenvalue weighted by Gasteiger charge is -1.86. The molecule has 11 heavy (non-hydrogen) atoms. The molecule has 0 saturated heterocycles. The van der Waals surface area contributed by atoms with E-state index in [2.05, 4.69) is 4.79 Å². The highest BCUT2D eigenvalue weighted by Crippen LogP contribution is 1.96. The van der Waals surface area contributed by atoms with Crippen LogP contribution >= 0.6 is 0 Å². The first-order chi connectivity index (χ1) is 5.34. The maximum absolute atomic E-state index is 10.9. The molecular weight excluding hydrogens is 140 g/mol. The van der Waals surface area contributed by atoms with Crippen LogP contribution in [0, 0.1) is 0 Å². The Hall–Kier alpha value is -1.73. The quantitative estimate of drug-likeness (QED) is 0.265. The third kappa shape index (κ3) is 1.85. The lowest BCUT2D eigenvalue weighted by Crippen LogP contribution is -1.99. The van der Waals surface area contributed by atoms with E-state index in [0.29, 0.717) is 5.56 Å². The normalized spacial score (nSPS) is 8.36. The first-order valence-corrected chi connectivity index (χ1v) is 3.04. The smallest absolute Gasteiger partial charge is 0.360 e. The summed E-state index contributed by atoms with van der Waals surface area (Å²) < 4.78 is 0. The number of Topliss-reactive ketones (excluding diaryl/α,β-unsaturated/α-hetero) is 1. The first kappa shape index (κ1) is 7.38. The zero-order valence-electron chi connectivity index (χ0n) is 5.69. The van der Waals surface area contributed by atoms with Crippen LogP contribution in [0.2, 0.25) is 0 Å². The fourth-order valence-electron chi connectivity index (χ4n) is 0.699. The Bertz CT molecular complexity index is 299. The second-order valence-electron chi connectivity index (χ2n) is 1.91. The minimum atomic E-state index is -0.423. The molecule has 3 heteroatoms. The summed E-state index contributed by atoms with van der Waals surface area (Å²) in [6.45, 7) is 0. The second kappa shape index (κ2) is 3.44. The minimum absolute atomic E-state index is 0.423. The fraction of sp³-hybridized carbons (Fsp3) is 0. The van der Waals surface area contributed by atoms with Crippen LogP contribution in [0.25, 0.3) is 5.53 Å². The van der Waals surface area contributed by atoms with Crippen molar-refractivity contribution in [3.63, 3.8) is 0 Å². The van der Waals surface area contributed by atoms with Gasteiger partial charge < -0.3 is 5.53 Å². The molecule has 1 aromatic rings. The van der Waals surface area contributed by atoms with Crippen molar-refractivity contribution in [1.29, 1.82) is 0 Å². The number of hydrogen-bond donors (Lipinski definition) is 0. The molecule has 0 bridgehead atoms. The molecule has 0 fully saturated rings. The third-order valence-corrected chi connectivity index (χ3v) is 1.19. The third-order valence-electron chi connectivity index (χ3n) is 1.19. The van der Waals surface area contributed by atoms with Crippen molar-refractivity contribution in [3.8, 4) is 0 Å². The summed E-state index contributed by atoms with van der Waals surface area (Å²) >= 11 is 0. The molecule has 0 spiro atoms. The zero-order chi connectivity index (χ0) is 8.10. The summed E-state index contributed by atoms with van der Waals surface area (Å²) in [6.07, 6.45) is 1.90. The number of benzene rings is 1. The van der Waals surface area contributed by atoms with Crippen molar-refractivity contribution < 1.29 is 9.58 Å². The van der Waals surface area contributed by atoms with Crippen molar-refractivity contribution in [2.75, 3.05) is 0 Å². The molecule has 1 rings (SSSR count). The Morgan fingerprint density at radius 3 is 2.55 bits per heavy atom. The van der Waals surface area contributed by atoms with E-state index in [1.807, 2.05) is 6.21 Å². The van der Waals surface area contributed by atoms with Crippen LogP contribution in [0.5, 0.6) is 0 Å². The van der Waals surface area contributed by atoms with Gasteiger partial charge in [0.15, 0.2) is 0 Å². The van der Waals surface area contributed by atoms with Crippen molar-refractivity contribution in [3.05, 3.63) is 41.4 Å². The maximum atomic E-state index is 10.9. The van der Waals surface area contributed by atoms with Gasteiger partial charge in [-0.25, -0.2) is 0 Å². The summed E-state index contributed by atoms with van der Waals surface area (Å²) in [7, 11) is 0. The number of rotatable bonds is 2. The Kier molecular flexibility index (Phi) is 2.31. The van der Waals surface area contributed by atoms with E-state index in [4.69, 9.17) is 5.53 Å². The summed E-state index contributed by atoms with van der Waals surface area (Å²) in [6, 6.07) is 8.51. The van der Waals surface area contributed by atoms with E-state index in [9.17, 15) is 4.79 Å². The van der Waals surface area contributed by atoms with Gasteiger partial charge in [0.05, 0.1) is 0 Å². The number of hydrogen-bond acceptors (Lipinski definition) is 1. The predicted octanol–water partition coefficient (Wildman–Crippen LogP) is 1.05. The van der Waals surface area contributed by atoms with Crippen LogP contribution < -0.4 is 0 Å². The van der Waals surface area contributed by atoms with E-state index < -0.39 is 5.78 Å². The Morgan fingerprint density at radius 1 is 1.36 bits per heavy atom. The van der Waals surface area contributed by atoms with Crippen molar-refractivity contribution in [2.45, 2.75) is 0 Å². The molecule has 0 heterocycles. The first-order valence-electron chi connectivity index (χ1n) is 3.04. The molecular formula is C8H5N2O. The molecule has 0 aliphatic carbocycles. The van der Waals surface area contributed by atoms with Crippen LogP contribution in [0.1, 0.15) is 10.4 Å². The van der Waals surface area contributed by atoms with Gasteiger partial charge in [-0.3, -0.25) is 4.79 Å². The molecule has 0 saturated carbocycles. The van der Waals surface area contributed by atoms with Crippen LogP contribution in [-0.2, 0) is 0 Å². The molecule has 0 aliphatic heterocycles. The molecule has 53 valence electrons. The number of nitrogens with zero attached hydrogens (tertiary/aromatic N) is 2. The highest BCUT2D eigenvalue weighted by molar-refractivity contribution is 6.33. The lowest BCUT2D eigenvalue weighted by molar-refractivity contribution is 0.00235. The molecule has 0 aromatic heterocycles. The van der Waals surface area contributed by atoms with Gasteiger partial charge in [0.1, 0.15) is 0 Å². The van der Waals surface area contributed by atoms with Crippen molar-refractivity contribution >= 4 is 12.0 Å². The summed E-state index contributed by atoms with van der Waals surface area (Å²) in [5.41, 5.74) is 8.45. The van der Waals surface area contributed by atoms with E-state index in [-0.39, 0.29) is 0 Å². The average molecular weight is 145 g/mol. The molecule has 0 unspecified atom stereocenters. The number of carbonyl (C=O) groups excluding carboxylic acids is 1. The zero-order valence-corrected chi connectivity index (χ0v) is 5.69. The van der Waals surface area contributed by atoms with E-state index >= 15 is 0 Å². The highest BCUT2D eigenvalue weighted by atomic mass is 16.1. The van der Waals surface area contributed by atoms with E-state index in [1.54, 1.807) is 30.3 Å². The van der Waals surface area contributed by atoms with E-state index in [1.165, 1.54) is 0 Å². The van der Waals surface area contributed by atoms with Crippen molar-refractivity contribution in [2.24, 2.45) is 0 Å². The minimum Gasteiger partial charge on any atom is -0.360 e.